The molecule has 0 spiro atoms. The van der Waals surface area contributed by atoms with E-state index in [1.807, 2.05) is 0 Å². The molecule has 0 heterocycles. The third kappa shape index (κ3) is 5.28. The number of rotatable bonds is 11. The molecule has 0 aromatic rings. The molecule has 4 N–H and O–H groups in total. The summed E-state index contributed by atoms with van der Waals surface area (Å²) in [6.07, 6.45) is 2.60. The summed E-state index contributed by atoms with van der Waals surface area (Å²) in [6, 6.07) is -0.861. The van der Waals surface area contributed by atoms with Crippen LogP contribution in [-0.2, 0) is 19.5 Å². The number of hydrogen-bond donors (Lipinski definition) is 4. The summed E-state index contributed by atoms with van der Waals surface area (Å²) in [5.74, 6) is -1.61. The van der Waals surface area contributed by atoms with Gasteiger partial charge in [0.25, 0.3) is 0 Å². The lowest BCUT2D eigenvalue weighted by molar-refractivity contribution is -0.260. The van der Waals surface area contributed by atoms with Crippen molar-refractivity contribution in [2.75, 3.05) is 6.54 Å². The van der Waals surface area contributed by atoms with E-state index in [1.54, 1.807) is 0 Å². The minimum absolute atomic E-state index is 0.0304. The van der Waals surface area contributed by atoms with E-state index in [2.05, 4.69) is 34.4 Å². The van der Waals surface area contributed by atoms with Gasteiger partial charge in [-0.2, -0.15) is 0 Å². The molecule has 10 nitrogen and oxygen atoms in total. The van der Waals surface area contributed by atoms with Gasteiger partial charge in [-0.1, -0.05) is 12.8 Å². The van der Waals surface area contributed by atoms with Crippen LogP contribution >= 0.6 is 0 Å². The predicted molar refractivity (Wildman–Crippen MR) is 85.4 cm³/mol. The average molecular weight is 360 g/mol. The van der Waals surface area contributed by atoms with Gasteiger partial charge in [0.1, 0.15) is 0 Å². The van der Waals surface area contributed by atoms with Gasteiger partial charge in [0, 0.05) is 6.54 Å². The molecule has 0 aromatic carbocycles. The molecule has 0 saturated heterocycles. The zero-order chi connectivity index (χ0) is 19.0. The third-order valence-electron chi connectivity index (χ3n) is 4.17. The fourth-order valence-electron chi connectivity index (χ4n) is 3.10. The highest BCUT2D eigenvalue weighted by atomic mass is 17.1. The summed E-state index contributed by atoms with van der Waals surface area (Å²) in [6.45, 7) is 10.7. The van der Waals surface area contributed by atoms with Crippen LogP contribution in [0.3, 0.4) is 0 Å². The van der Waals surface area contributed by atoms with Crippen LogP contribution in [0.1, 0.15) is 32.1 Å². The minimum atomic E-state index is -1.02. The standard InChI is InChI=1S/C15H24N2O8/c1-10(23-20)16(9-8-15(18)19)13-6-4-5-7-14(13)17(11(2)24-21)12(3)25-22/h13-14,20-22H,1-9H2,(H,18,19). The van der Waals surface area contributed by atoms with Crippen LogP contribution in [0.2, 0.25) is 0 Å². The summed E-state index contributed by atoms with van der Waals surface area (Å²) in [7, 11) is 0. The van der Waals surface area contributed by atoms with Crippen molar-refractivity contribution in [2.45, 2.75) is 44.2 Å². The fourth-order valence-corrected chi connectivity index (χ4v) is 3.10. The zero-order valence-corrected chi connectivity index (χ0v) is 13.8. The van der Waals surface area contributed by atoms with E-state index >= 15 is 0 Å². The first-order valence-corrected chi connectivity index (χ1v) is 7.66. The van der Waals surface area contributed by atoms with Crippen LogP contribution in [0, 0.1) is 0 Å². The van der Waals surface area contributed by atoms with Gasteiger partial charge in [0.15, 0.2) is 0 Å². The molecular weight excluding hydrogens is 336 g/mol. The maximum absolute atomic E-state index is 10.9. The number of hydrogen-bond acceptors (Lipinski definition) is 9. The monoisotopic (exact) mass is 360 g/mol. The van der Waals surface area contributed by atoms with Crippen LogP contribution in [0.5, 0.6) is 0 Å². The van der Waals surface area contributed by atoms with E-state index in [1.165, 1.54) is 9.80 Å². The largest absolute Gasteiger partial charge is 0.481 e. The molecule has 142 valence electrons. The second-order valence-electron chi connectivity index (χ2n) is 5.58. The molecule has 0 radical (unpaired) electrons. The summed E-state index contributed by atoms with van der Waals surface area (Å²) < 4.78 is 0. The first-order chi connectivity index (χ1) is 11.9. The summed E-state index contributed by atoms with van der Waals surface area (Å²) in [5.41, 5.74) is 0. The summed E-state index contributed by atoms with van der Waals surface area (Å²) in [4.78, 5) is 26.2. The highest BCUT2D eigenvalue weighted by Gasteiger charge is 2.38. The molecule has 0 bridgehead atoms. The molecule has 1 saturated carbocycles. The number of carboxylic acid groups (broad SMARTS) is 1. The van der Waals surface area contributed by atoms with Crippen molar-refractivity contribution in [3.05, 3.63) is 37.4 Å². The van der Waals surface area contributed by atoms with Gasteiger partial charge >= 0.3 is 5.97 Å². The molecule has 0 aliphatic heterocycles. The Kier molecular flexibility index (Phi) is 8.05. The molecule has 1 aliphatic rings. The molecule has 2 unspecified atom stereocenters. The third-order valence-corrected chi connectivity index (χ3v) is 4.17. The Hall–Kier alpha value is -2.43. The summed E-state index contributed by atoms with van der Waals surface area (Å²) >= 11 is 0. The predicted octanol–water partition coefficient (Wildman–Crippen LogP) is 2.26. The van der Waals surface area contributed by atoms with Crippen molar-refractivity contribution in [3.8, 4) is 0 Å². The Labute approximate surface area is 145 Å². The van der Waals surface area contributed by atoms with Crippen molar-refractivity contribution in [3.63, 3.8) is 0 Å². The molecule has 1 rings (SSSR count). The minimum Gasteiger partial charge on any atom is -0.481 e. The maximum Gasteiger partial charge on any atom is 0.305 e. The smallest absolute Gasteiger partial charge is 0.305 e. The van der Waals surface area contributed by atoms with Gasteiger partial charge in [-0.05, 0) is 32.6 Å². The van der Waals surface area contributed by atoms with Gasteiger partial charge < -0.3 is 24.7 Å². The van der Waals surface area contributed by atoms with Gasteiger partial charge in [0.2, 0.25) is 17.6 Å². The van der Waals surface area contributed by atoms with E-state index < -0.39 is 18.1 Å². The molecule has 0 aromatic heterocycles. The lowest BCUT2D eigenvalue weighted by atomic mass is 9.88. The molecule has 10 heteroatoms. The van der Waals surface area contributed by atoms with E-state index in [9.17, 15) is 4.79 Å². The van der Waals surface area contributed by atoms with Crippen molar-refractivity contribution < 1.29 is 40.3 Å². The van der Waals surface area contributed by atoms with E-state index in [-0.39, 0.29) is 30.6 Å². The van der Waals surface area contributed by atoms with Crippen molar-refractivity contribution >= 4 is 5.97 Å². The summed E-state index contributed by atoms with van der Waals surface area (Å²) in [5, 5.41) is 35.8. The maximum atomic E-state index is 10.9. The highest BCUT2D eigenvalue weighted by molar-refractivity contribution is 5.66. The lowest BCUT2D eigenvalue weighted by Gasteiger charge is -2.45. The van der Waals surface area contributed by atoms with Crippen LogP contribution in [0.15, 0.2) is 37.4 Å². The Morgan fingerprint density at radius 3 is 1.84 bits per heavy atom. The van der Waals surface area contributed by atoms with Crippen molar-refractivity contribution in [1.82, 2.24) is 9.80 Å². The first-order valence-electron chi connectivity index (χ1n) is 7.66. The topological polar surface area (TPSA) is 132 Å². The first kappa shape index (κ1) is 20.6. The second kappa shape index (κ2) is 9.77. The molecular formula is C15H24N2O8. The quantitative estimate of drug-likeness (QED) is 0.247. The Bertz CT molecular complexity index is 494. The average Bonchev–Trinajstić information content (AvgIpc) is 2.62. The van der Waals surface area contributed by atoms with E-state index in [0.29, 0.717) is 12.8 Å². The molecule has 25 heavy (non-hydrogen) atoms. The van der Waals surface area contributed by atoms with Crippen molar-refractivity contribution in [1.29, 1.82) is 0 Å². The number of carbonyl (C=O) groups is 1. The highest BCUT2D eigenvalue weighted by Crippen LogP contribution is 2.33. The Morgan fingerprint density at radius 2 is 1.40 bits per heavy atom. The zero-order valence-electron chi connectivity index (χ0n) is 13.8. The lowest BCUT2D eigenvalue weighted by Crippen LogP contribution is -2.53. The van der Waals surface area contributed by atoms with Crippen LogP contribution in [0.4, 0.5) is 0 Å². The fraction of sp³-hybridized carbons (Fsp3) is 0.533. The van der Waals surface area contributed by atoms with Crippen LogP contribution in [0.25, 0.3) is 0 Å². The SMILES string of the molecule is C=C(OO)N(CCC(=O)O)C1CCCCC1N(C(=C)OO)C(=C)OO. The Balaban J connectivity index is 3.15. The van der Waals surface area contributed by atoms with Crippen LogP contribution in [-0.4, -0.2) is 55.3 Å². The van der Waals surface area contributed by atoms with Gasteiger partial charge in [0.05, 0.1) is 18.5 Å². The molecule has 0 amide bonds. The van der Waals surface area contributed by atoms with Gasteiger partial charge in [-0.3, -0.25) is 9.69 Å². The van der Waals surface area contributed by atoms with Gasteiger partial charge in [-0.15, -0.1) is 0 Å². The normalized spacial score (nSPS) is 19.5. The number of aliphatic carboxylic acids is 1. The van der Waals surface area contributed by atoms with Crippen LogP contribution < -0.4 is 0 Å². The Morgan fingerprint density at radius 1 is 0.920 bits per heavy atom. The second-order valence-corrected chi connectivity index (χ2v) is 5.58. The molecule has 1 fully saturated rings. The molecule has 2 atom stereocenters. The van der Waals surface area contributed by atoms with E-state index in [0.717, 1.165) is 12.8 Å². The molecule has 1 aliphatic carbocycles. The van der Waals surface area contributed by atoms with Crippen molar-refractivity contribution in [2.24, 2.45) is 0 Å². The number of nitrogens with zero attached hydrogens (tertiary/aromatic N) is 2. The van der Waals surface area contributed by atoms with Gasteiger partial charge in [-0.25, -0.2) is 15.8 Å². The number of carboxylic acids is 1. The van der Waals surface area contributed by atoms with E-state index in [4.69, 9.17) is 20.9 Å².